The normalized spacial score (nSPS) is 20.8. The number of hydrogen-bond acceptors (Lipinski definition) is 3. The SMILES string of the molecule is COC(CN)CCNC1CCCC1. The summed E-state index contributed by atoms with van der Waals surface area (Å²) in [6, 6.07) is 0.760. The molecule has 3 N–H and O–H groups in total. The molecule has 0 amide bonds. The fourth-order valence-corrected chi connectivity index (χ4v) is 1.91. The van der Waals surface area contributed by atoms with Gasteiger partial charge in [-0.2, -0.15) is 0 Å². The van der Waals surface area contributed by atoms with Gasteiger partial charge >= 0.3 is 0 Å². The van der Waals surface area contributed by atoms with Crippen LogP contribution in [0, 0.1) is 0 Å². The first-order valence-electron chi connectivity index (χ1n) is 5.33. The van der Waals surface area contributed by atoms with E-state index >= 15 is 0 Å². The number of ether oxygens (including phenoxy) is 1. The summed E-state index contributed by atoms with van der Waals surface area (Å²) < 4.78 is 5.20. The summed E-state index contributed by atoms with van der Waals surface area (Å²) in [6.07, 6.45) is 6.74. The van der Waals surface area contributed by atoms with Crippen molar-refractivity contribution in [3.8, 4) is 0 Å². The smallest absolute Gasteiger partial charge is 0.0705 e. The van der Waals surface area contributed by atoms with Crippen molar-refractivity contribution in [2.75, 3.05) is 20.2 Å². The quantitative estimate of drug-likeness (QED) is 0.647. The molecular formula is C10H22N2O. The van der Waals surface area contributed by atoms with E-state index in [1.807, 2.05) is 0 Å². The van der Waals surface area contributed by atoms with Crippen LogP contribution in [0.4, 0.5) is 0 Å². The number of nitrogens with one attached hydrogen (secondary N) is 1. The van der Waals surface area contributed by atoms with Gasteiger partial charge in [-0.15, -0.1) is 0 Å². The Labute approximate surface area is 81.0 Å². The highest BCUT2D eigenvalue weighted by atomic mass is 16.5. The third-order valence-electron chi connectivity index (χ3n) is 2.85. The highest BCUT2D eigenvalue weighted by Gasteiger charge is 2.14. The molecule has 0 saturated heterocycles. The Hall–Kier alpha value is -0.120. The lowest BCUT2D eigenvalue weighted by atomic mass is 10.2. The summed E-state index contributed by atoms with van der Waals surface area (Å²) in [6.45, 7) is 1.67. The Balaban J connectivity index is 1.98. The largest absolute Gasteiger partial charge is 0.380 e. The molecule has 0 bridgehead atoms. The fraction of sp³-hybridized carbons (Fsp3) is 1.00. The van der Waals surface area contributed by atoms with E-state index in [9.17, 15) is 0 Å². The minimum absolute atomic E-state index is 0.230. The van der Waals surface area contributed by atoms with Crippen molar-refractivity contribution in [3.63, 3.8) is 0 Å². The zero-order valence-corrected chi connectivity index (χ0v) is 8.59. The second kappa shape index (κ2) is 6.35. The zero-order chi connectivity index (χ0) is 9.52. The molecule has 13 heavy (non-hydrogen) atoms. The summed E-state index contributed by atoms with van der Waals surface area (Å²) >= 11 is 0. The molecule has 1 rings (SSSR count). The van der Waals surface area contributed by atoms with Crippen molar-refractivity contribution < 1.29 is 4.74 Å². The topological polar surface area (TPSA) is 47.3 Å². The molecular weight excluding hydrogens is 164 g/mol. The lowest BCUT2D eigenvalue weighted by Gasteiger charge is -2.15. The molecule has 3 heteroatoms. The Morgan fingerprint density at radius 2 is 2.15 bits per heavy atom. The van der Waals surface area contributed by atoms with E-state index in [1.165, 1.54) is 25.7 Å². The standard InChI is InChI=1S/C10H22N2O/c1-13-10(8-11)6-7-12-9-4-2-3-5-9/h9-10,12H,2-8,11H2,1H3. The van der Waals surface area contributed by atoms with Crippen molar-refractivity contribution in [1.29, 1.82) is 0 Å². The van der Waals surface area contributed by atoms with Crippen LogP contribution >= 0.6 is 0 Å². The van der Waals surface area contributed by atoms with E-state index in [4.69, 9.17) is 10.5 Å². The molecule has 0 spiro atoms. The van der Waals surface area contributed by atoms with Crippen LogP contribution in [0.2, 0.25) is 0 Å². The van der Waals surface area contributed by atoms with Gasteiger partial charge in [-0.1, -0.05) is 12.8 Å². The summed E-state index contributed by atoms with van der Waals surface area (Å²) in [5.74, 6) is 0. The highest BCUT2D eigenvalue weighted by Crippen LogP contribution is 2.17. The third-order valence-corrected chi connectivity index (χ3v) is 2.85. The van der Waals surface area contributed by atoms with Crippen LogP contribution in [0.25, 0.3) is 0 Å². The van der Waals surface area contributed by atoms with Crippen molar-refractivity contribution >= 4 is 0 Å². The van der Waals surface area contributed by atoms with Gasteiger partial charge in [0.15, 0.2) is 0 Å². The molecule has 0 aliphatic heterocycles. The van der Waals surface area contributed by atoms with Crippen LogP contribution in [0.3, 0.4) is 0 Å². The van der Waals surface area contributed by atoms with Crippen LogP contribution in [0.15, 0.2) is 0 Å². The Morgan fingerprint density at radius 3 is 2.69 bits per heavy atom. The van der Waals surface area contributed by atoms with Crippen molar-refractivity contribution in [2.24, 2.45) is 5.73 Å². The number of methoxy groups -OCH3 is 1. The van der Waals surface area contributed by atoms with Gasteiger partial charge in [-0.3, -0.25) is 0 Å². The fourth-order valence-electron chi connectivity index (χ4n) is 1.91. The van der Waals surface area contributed by atoms with E-state index in [-0.39, 0.29) is 6.10 Å². The van der Waals surface area contributed by atoms with E-state index < -0.39 is 0 Å². The Bertz CT molecular complexity index is 118. The number of hydrogen-bond donors (Lipinski definition) is 2. The molecule has 1 saturated carbocycles. The Kier molecular flexibility index (Phi) is 5.35. The lowest BCUT2D eigenvalue weighted by Crippen LogP contribution is -2.32. The van der Waals surface area contributed by atoms with Crippen molar-refractivity contribution in [3.05, 3.63) is 0 Å². The molecule has 0 aromatic rings. The first-order valence-corrected chi connectivity index (χ1v) is 5.33. The van der Waals surface area contributed by atoms with E-state index in [1.54, 1.807) is 7.11 Å². The molecule has 1 unspecified atom stereocenters. The molecule has 1 aliphatic carbocycles. The van der Waals surface area contributed by atoms with Crippen LogP contribution in [-0.2, 0) is 4.74 Å². The summed E-state index contributed by atoms with van der Waals surface area (Å²) in [5, 5.41) is 3.55. The molecule has 0 heterocycles. The number of rotatable bonds is 6. The van der Waals surface area contributed by atoms with Gasteiger partial charge in [-0.05, 0) is 25.8 Å². The maximum atomic E-state index is 5.52. The van der Waals surface area contributed by atoms with E-state index in [2.05, 4.69) is 5.32 Å². The molecule has 78 valence electrons. The highest BCUT2D eigenvalue weighted by molar-refractivity contribution is 4.74. The summed E-state index contributed by atoms with van der Waals surface area (Å²) in [4.78, 5) is 0. The molecule has 1 atom stereocenters. The third kappa shape index (κ3) is 4.07. The van der Waals surface area contributed by atoms with Gasteiger partial charge in [0, 0.05) is 19.7 Å². The second-order valence-corrected chi connectivity index (χ2v) is 3.82. The molecule has 1 fully saturated rings. The molecule has 0 radical (unpaired) electrons. The summed E-state index contributed by atoms with van der Waals surface area (Å²) in [7, 11) is 1.73. The zero-order valence-electron chi connectivity index (χ0n) is 8.59. The van der Waals surface area contributed by atoms with Gasteiger partial charge in [-0.25, -0.2) is 0 Å². The van der Waals surface area contributed by atoms with Crippen molar-refractivity contribution in [2.45, 2.75) is 44.2 Å². The van der Waals surface area contributed by atoms with Crippen LogP contribution < -0.4 is 11.1 Å². The maximum absolute atomic E-state index is 5.52. The van der Waals surface area contributed by atoms with E-state index in [0.29, 0.717) is 6.54 Å². The second-order valence-electron chi connectivity index (χ2n) is 3.82. The number of nitrogens with two attached hydrogens (primary N) is 1. The first-order chi connectivity index (χ1) is 6.36. The average molecular weight is 186 g/mol. The van der Waals surface area contributed by atoms with Crippen LogP contribution in [-0.4, -0.2) is 32.3 Å². The first kappa shape index (κ1) is 11.0. The molecule has 0 aromatic carbocycles. The van der Waals surface area contributed by atoms with Gasteiger partial charge in [0.1, 0.15) is 0 Å². The van der Waals surface area contributed by atoms with Gasteiger partial charge in [0.25, 0.3) is 0 Å². The average Bonchev–Trinajstić information content (AvgIpc) is 2.65. The van der Waals surface area contributed by atoms with Gasteiger partial charge in [0.2, 0.25) is 0 Å². The van der Waals surface area contributed by atoms with E-state index in [0.717, 1.165) is 19.0 Å². The molecule has 3 nitrogen and oxygen atoms in total. The lowest BCUT2D eigenvalue weighted by molar-refractivity contribution is 0.101. The Morgan fingerprint density at radius 1 is 1.46 bits per heavy atom. The van der Waals surface area contributed by atoms with Crippen molar-refractivity contribution in [1.82, 2.24) is 5.32 Å². The predicted octanol–water partition coefficient (Wildman–Crippen LogP) is 0.882. The maximum Gasteiger partial charge on any atom is 0.0705 e. The summed E-state index contributed by atoms with van der Waals surface area (Å²) in [5.41, 5.74) is 5.52. The van der Waals surface area contributed by atoms with Crippen LogP contribution in [0.5, 0.6) is 0 Å². The van der Waals surface area contributed by atoms with Gasteiger partial charge in [0.05, 0.1) is 6.10 Å². The predicted molar refractivity (Wildman–Crippen MR) is 54.7 cm³/mol. The molecule has 1 aliphatic rings. The monoisotopic (exact) mass is 186 g/mol. The van der Waals surface area contributed by atoms with Crippen LogP contribution in [0.1, 0.15) is 32.1 Å². The minimum atomic E-state index is 0.230. The van der Waals surface area contributed by atoms with Gasteiger partial charge < -0.3 is 15.8 Å². The molecule has 0 aromatic heterocycles. The minimum Gasteiger partial charge on any atom is -0.380 e.